The first-order valence-electron chi connectivity index (χ1n) is 14.2. The van der Waals surface area contributed by atoms with Gasteiger partial charge in [-0.05, 0) is 72.7 Å². The molecule has 3 atom stereocenters. The Morgan fingerprint density at radius 3 is 2.85 bits per heavy atom. The van der Waals surface area contributed by atoms with Gasteiger partial charge in [0.15, 0.2) is 0 Å². The maximum atomic E-state index is 12.5. The van der Waals surface area contributed by atoms with Crippen molar-refractivity contribution in [1.29, 1.82) is 0 Å². The number of aryl methyl sites for hydroxylation is 1. The minimum Gasteiger partial charge on any atom is -0.490 e. The van der Waals surface area contributed by atoms with Gasteiger partial charge in [0, 0.05) is 36.1 Å². The number of hydrogen-bond donors (Lipinski definition) is 0. The van der Waals surface area contributed by atoms with Gasteiger partial charge in [-0.2, -0.15) is 0 Å². The molecule has 2 heterocycles. The van der Waals surface area contributed by atoms with E-state index >= 15 is 0 Å². The Morgan fingerprint density at radius 2 is 2.00 bits per heavy atom. The van der Waals surface area contributed by atoms with E-state index in [1.165, 1.54) is 18.2 Å². The molecule has 3 aliphatic rings. The van der Waals surface area contributed by atoms with Crippen LogP contribution in [0.5, 0.6) is 5.75 Å². The normalized spacial score (nSPS) is 23.7. The van der Waals surface area contributed by atoms with Gasteiger partial charge in [-0.3, -0.25) is 0 Å². The summed E-state index contributed by atoms with van der Waals surface area (Å²) in [5, 5.41) is 0.773. The second-order valence-electron chi connectivity index (χ2n) is 11.2. The van der Waals surface area contributed by atoms with Crippen LogP contribution in [0.4, 0.5) is 5.69 Å². The topological polar surface area (TPSA) is 57.2 Å². The van der Waals surface area contributed by atoms with Crippen LogP contribution in [0.1, 0.15) is 46.3 Å². The molecule has 1 spiro atoms. The molecule has 40 heavy (non-hydrogen) atoms. The van der Waals surface area contributed by atoms with Gasteiger partial charge in [0.05, 0.1) is 44.3 Å². The highest BCUT2D eigenvalue weighted by atomic mass is 35.5. The third-order valence-electron chi connectivity index (χ3n) is 8.65. The van der Waals surface area contributed by atoms with Crippen LogP contribution >= 0.6 is 11.6 Å². The minimum atomic E-state index is -0.351. The molecule has 1 aliphatic carbocycles. The molecule has 0 aromatic heterocycles. The average molecular weight is 562 g/mol. The summed E-state index contributed by atoms with van der Waals surface area (Å²) in [5.74, 6) is 0.728. The monoisotopic (exact) mass is 561 g/mol. The maximum absolute atomic E-state index is 12.5. The highest BCUT2D eigenvalue weighted by Gasteiger charge is 2.43. The molecule has 6 rings (SSSR count). The fourth-order valence-corrected chi connectivity index (χ4v) is 6.79. The molecule has 2 aliphatic heterocycles. The third-order valence-corrected chi connectivity index (χ3v) is 8.89. The lowest BCUT2D eigenvalue weighted by atomic mass is 9.70. The molecule has 0 radical (unpaired) electrons. The lowest BCUT2D eigenvalue weighted by molar-refractivity contribution is -0.00352. The standard InChI is InChI=1S/C33H36ClNO5/c1-37-32(36)25-9-12-30-29(17-25)35(18-26-13-15-39-31(26)20-38-19-23-6-3-2-4-7-23)21-33(22-40-30)14-5-8-24-16-27(34)10-11-28(24)33/h2-4,6-7,9-12,16-17,26,31H,5,8,13-15,18-22H2,1H3/t26-,31-,33-/m0/s1. The van der Waals surface area contributed by atoms with Gasteiger partial charge >= 0.3 is 5.97 Å². The zero-order valence-corrected chi connectivity index (χ0v) is 23.7. The number of esters is 1. The molecule has 6 nitrogen and oxygen atoms in total. The fourth-order valence-electron chi connectivity index (χ4n) is 6.59. The number of nitrogens with zero attached hydrogens (tertiary/aromatic N) is 1. The SMILES string of the molecule is COC(=O)c1ccc2c(c1)N(C[C@@H]1CCO[C@H]1COCc1ccccc1)C[C@@]1(CCCc3cc(Cl)ccc31)CO2. The van der Waals surface area contributed by atoms with Crippen molar-refractivity contribution in [3.8, 4) is 5.75 Å². The molecule has 0 unspecified atom stereocenters. The van der Waals surface area contributed by atoms with E-state index in [0.717, 1.165) is 67.4 Å². The zero-order valence-electron chi connectivity index (χ0n) is 22.9. The van der Waals surface area contributed by atoms with E-state index in [0.29, 0.717) is 25.4 Å². The Morgan fingerprint density at radius 1 is 1.12 bits per heavy atom. The van der Waals surface area contributed by atoms with Gasteiger partial charge in [0.1, 0.15) is 5.75 Å². The van der Waals surface area contributed by atoms with Crippen LogP contribution in [0.15, 0.2) is 66.7 Å². The summed E-state index contributed by atoms with van der Waals surface area (Å²) in [6.45, 7) is 3.98. The smallest absolute Gasteiger partial charge is 0.337 e. The van der Waals surface area contributed by atoms with Gasteiger partial charge in [-0.1, -0.05) is 48.0 Å². The van der Waals surface area contributed by atoms with Crippen molar-refractivity contribution >= 4 is 23.3 Å². The molecule has 7 heteroatoms. The molecule has 1 fully saturated rings. The van der Waals surface area contributed by atoms with Crippen LogP contribution in [0.25, 0.3) is 0 Å². The number of hydrogen-bond acceptors (Lipinski definition) is 6. The number of ether oxygens (including phenoxy) is 4. The highest BCUT2D eigenvalue weighted by molar-refractivity contribution is 6.30. The molecular formula is C33H36ClNO5. The zero-order chi connectivity index (χ0) is 27.5. The highest BCUT2D eigenvalue weighted by Crippen LogP contribution is 2.45. The van der Waals surface area contributed by atoms with Crippen LogP contribution < -0.4 is 9.64 Å². The van der Waals surface area contributed by atoms with Crippen molar-refractivity contribution in [1.82, 2.24) is 0 Å². The van der Waals surface area contributed by atoms with Crippen LogP contribution in [0.2, 0.25) is 5.02 Å². The van der Waals surface area contributed by atoms with Crippen LogP contribution in [0, 0.1) is 5.92 Å². The van der Waals surface area contributed by atoms with Gasteiger partial charge in [0.2, 0.25) is 0 Å². The average Bonchev–Trinajstić information content (AvgIpc) is 3.36. The predicted molar refractivity (Wildman–Crippen MR) is 156 cm³/mol. The minimum absolute atomic E-state index is 0.00789. The molecular weight excluding hydrogens is 526 g/mol. The first kappa shape index (κ1) is 27.1. The fraction of sp³-hybridized carbons (Fsp3) is 0.424. The number of carbonyl (C=O) groups excluding carboxylic acids is 1. The number of carbonyl (C=O) groups is 1. The molecule has 3 aromatic carbocycles. The van der Waals surface area contributed by atoms with Crippen molar-refractivity contribution in [3.63, 3.8) is 0 Å². The summed E-state index contributed by atoms with van der Waals surface area (Å²) in [7, 11) is 1.41. The number of methoxy groups -OCH3 is 1. The van der Waals surface area contributed by atoms with Crippen molar-refractivity contribution in [2.24, 2.45) is 5.92 Å². The van der Waals surface area contributed by atoms with Gasteiger partial charge < -0.3 is 23.8 Å². The summed E-state index contributed by atoms with van der Waals surface area (Å²) in [5.41, 5.74) is 5.05. The molecule has 1 saturated heterocycles. The van der Waals surface area contributed by atoms with E-state index in [4.69, 9.17) is 30.5 Å². The molecule has 0 bridgehead atoms. The Bertz CT molecular complexity index is 1350. The Hall–Kier alpha value is -3.06. The number of halogens is 1. The van der Waals surface area contributed by atoms with Crippen LogP contribution in [-0.2, 0) is 32.7 Å². The first-order valence-corrected chi connectivity index (χ1v) is 14.5. The quantitative estimate of drug-likeness (QED) is 0.319. The second-order valence-corrected chi connectivity index (χ2v) is 11.7. The van der Waals surface area contributed by atoms with E-state index in [9.17, 15) is 4.79 Å². The summed E-state index contributed by atoms with van der Waals surface area (Å²) < 4.78 is 23.9. The Balaban J connectivity index is 1.28. The van der Waals surface area contributed by atoms with E-state index in [-0.39, 0.29) is 23.4 Å². The van der Waals surface area contributed by atoms with Crippen molar-refractivity contribution in [2.45, 2.75) is 43.8 Å². The largest absolute Gasteiger partial charge is 0.490 e. The van der Waals surface area contributed by atoms with E-state index in [1.54, 1.807) is 6.07 Å². The van der Waals surface area contributed by atoms with E-state index < -0.39 is 0 Å². The van der Waals surface area contributed by atoms with Gasteiger partial charge in [-0.25, -0.2) is 4.79 Å². The summed E-state index contributed by atoms with van der Waals surface area (Å²) in [6, 6.07) is 22.1. The van der Waals surface area contributed by atoms with Crippen molar-refractivity contribution in [3.05, 3.63) is 94.0 Å². The number of anilines is 1. The molecule has 0 N–H and O–H groups in total. The molecule has 210 valence electrons. The Labute approximate surface area is 241 Å². The van der Waals surface area contributed by atoms with Crippen LogP contribution in [-0.4, -0.2) is 52.1 Å². The van der Waals surface area contributed by atoms with Gasteiger partial charge in [-0.15, -0.1) is 0 Å². The number of rotatable bonds is 7. The summed E-state index contributed by atoms with van der Waals surface area (Å²) >= 11 is 6.40. The molecule has 3 aromatic rings. The Kier molecular flexibility index (Phi) is 8.01. The van der Waals surface area contributed by atoms with E-state index in [1.807, 2.05) is 36.4 Å². The lowest BCUT2D eigenvalue weighted by Crippen LogP contribution is -2.47. The summed E-state index contributed by atoms with van der Waals surface area (Å²) in [4.78, 5) is 14.9. The predicted octanol–water partition coefficient (Wildman–Crippen LogP) is 6.22. The third kappa shape index (κ3) is 5.58. The summed E-state index contributed by atoms with van der Waals surface area (Å²) in [6.07, 6.45) is 4.10. The van der Waals surface area contributed by atoms with Crippen molar-refractivity contribution < 1.29 is 23.7 Å². The second kappa shape index (κ2) is 11.8. The van der Waals surface area contributed by atoms with Crippen molar-refractivity contribution in [2.75, 3.05) is 44.9 Å². The maximum Gasteiger partial charge on any atom is 0.337 e. The van der Waals surface area contributed by atoms with Gasteiger partial charge in [0.25, 0.3) is 0 Å². The van der Waals surface area contributed by atoms with Crippen LogP contribution in [0.3, 0.4) is 0 Å². The lowest BCUT2D eigenvalue weighted by Gasteiger charge is -2.41. The first-order chi connectivity index (χ1) is 19.5. The number of benzene rings is 3. The molecule has 0 amide bonds. The number of fused-ring (bicyclic) bond motifs is 3. The molecule has 0 saturated carbocycles. The van der Waals surface area contributed by atoms with E-state index in [2.05, 4.69) is 29.2 Å².